The number of methoxy groups -OCH3 is 3. The fourth-order valence-corrected chi connectivity index (χ4v) is 1.21. The molecule has 0 atom stereocenters. The summed E-state index contributed by atoms with van der Waals surface area (Å²) in [5.41, 5.74) is -1.28. The molecule has 0 aliphatic heterocycles. The Hall–Kier alpha value is -0.0231. The summed E-state index contributed by atoms with van der Waals surface area (Å²) < 4.78 is 30.8. The zero-order valence-electron chi connectivity index (χ0n) is 10.7. The van der Waals surface area contributed by atoms with Gasteiger partial charge in [0, 0.05) is 21.3 Å². The quantitative estimate of drug-likeness (QED) is 0.276. The van der Waals surface area contributed by atoms with E-state index in [0.717, 1.165) is 0 Å². The molecule has 0 saturated heterocycles. The maximum absolute atomic E-state index is 5.40. The standard InChI is InChI=1S/C10H21O6Si/c1-11-4-7-14-10(17,15-8-5-12-2)16-9-6-13-3/h4-9H2,1-3H3. The van der Waals surface area contributed by atoms with E-state index >= 15 is 0 Å². The molecule has 101 valence electrons. The lowest BCUT2D eigenvalue weighted by Crippen LogP contribution is -2.42. The van der Waals surface area contributed by atoms with Gasteiger partial charge in [0.05, 0.1) is 39.6 Å². The first-order valence-corrected chi connectivity index (χ1v) is 5.82. The van der Waals surface area contributed by atoms with Crippen molar-refractivity contribution >= 4 is 10.2 Å². The highest BCUT2D eigenvalue weighted by atomic mass is 28.1. The zero-order valence-corrected chi connectivity index (χ0v) is 11.7. The predicted molar refractivity (Wildman–Crippen MR) is 62.0 cm³/mol. The summed E-state index contributed by atoms with van der Waals surface area (Å²) in [4.78, 5) is 0. The molecule has 0 heterocycles. The van der Waals surface area contributed by atoms with Gasteiger partial charge in [-0.2, -0.15) is 0 Å². The predicted octanol–water partition coefficient (Wildman–Crippen LogP) is -0.245. The molecule has 3 radical (unpaired) electrons. The minimum atomic E-state index is -1.28. The topological polar surface area (TPSA) is 55.4 Å². The molecular formula is C10H21O6Si. The number of ether oxygens (including phenoxy) is 6. The Balaban J connectivity index is 3.95. The molecule has 0 N–H and O–H groups in total. The molecule has 0 aliphatic carbocycles. The molecule has 0 amide bonds. The van der Waals surface area contributed by atoms with Crippen molar-refractivity contribution in [3.8, 4) is 0 Å². The van der Waals surface area contributed by atoms with Crippen LogP contribution in [0.2, 0.25) is 0 Å². The van der Waals surface area contributed by atoms with Gasteiger partial charge in [-0.3, -0.25) is 0 Å². The summed E-state index contributed by atoms with van der Waals surface area (Å²) in [5.74, 6) is 0. The summed E-state index contributed by atoms with van der Waals surface area (Å²) in [6.45, 7) is 2.40. The van der Waals surface area contributed by atoms with E-state index in [1.807, 2.05) is 0 Å². The normalized spacial score (nSPS) is 12.0. The zero-order chi connectivity index (χ0) is 13.0. The summed E-state index contributed by atoms with van der Waals surface area (Å²) in [6.07, 6.45) is 0. The van der Waals surface area contributed by atoms with E-state index in [9.17, 15) is 0 Å². The second-order valence-corrected chi connectivity index (χ2v) is 3.69. The van der Waals surface area contributed by atoms with Gasteiger partial charge < -0.3 is 28.4 Å². The fourth-order valence-electron chi connectivity index (χ4n) is 0.903. The van der Waals surface area contributed by atoms with E-state index in [4.69, 9.17) is 28.4 Å². The maximum atomic E-state index is 5.40. The van der Waals surface area contributed by atoms with E-state index < -0.39 is 5.60 Å². The first-order chi connectivity index (χ1) is 8.18. The van der Waals surface area contributed by atoms with Crippen molar-refractivity contribution in [3.05, 3.63) is 0 Å². The summed E-state index contributed by atoms with van der Waals surface area (Å²) in [5, 5.41) is 0. The Morgan fingerprint density at radius 2 is 0.941 bits per heavy atom. The highest BCUT2D eigenvalue weighted by Crippen LogP contribution is 2.10. The van der Waals surface area contributed by atoms with Crippen molar-refractivity contribution in [3.63, 3.8) is 0 Å². The highest BCUT2D eigenvalue weighted by molar-refractivity contribution is 6.12. The number of rotatable bonds is 12. The first kappa shape index (κ1) is 17.0. The van der Waals surface area contributed by atoms with Crippen molar-refractivity contribution in [2.24, 2.45) is 0 Å². The Bertz CT molecular complexity index is 142. The van der Waals surface area contributed by atoms with Gasteiger partial charge in [-0.25, -0.2) is 0 Å². The fraction of sp³-hybridized carbons (Fsp3) is 1.00. The van der Waals surface area contributed by atoms with Crippen LogP contribution in [-0.4, -0.2) is 76.8 Å². The minimum Gasteiger partial charge on any atom is -0.382 e. The van der Waals surface area contributed by atoms with Gasteiger partial charge in [-0.05, 0) is 0 Å². The van der Waals surface area contributed by atoms with Crippen LogP contribution in [0.1, 0.15) is 0 Å². The van der Waals surface area contributed by atoms with Gasteiger partial charge in [0.1, 0.15) is 0 Å². The average Bonchev–Trinajstić information content (AvgIpc) is 2.30. The largest absolute Gasteiger partial charge is 0.382 e. The molecule has 0 aromatic rings. The summed E-state index contributed by atoms with van der Waals surface area (Å²) in [7, 11) is 8.08. The molecule has 0 saturated carbocycles. The lowest BCUT2D eigenvalue weighted by molar-refractivity contribution is -0.330. The van der Waals surface area contributed by atoms with Crippen LogP contribution in [0.4, 0.5) is 0 Å². The minimum absolute atomic E-state index is 0.347. The van der Waals surface area contributed by atoms with Crippen LogP contribution in [0.3, 0.4) is 0 Å². The molecule has 0 aliphatic rings. The lowest BCUT2D eigenvalue weighted by Gasteiger charge is -2.29. The molecular weight excluding hydrogens is 244 g/mol. The van der Waals surface area contributed by atoms with E-state index in [1.54, 1.807) is 21.3 Å². The van der Waals surface area contributed by atoms with Crippen LogP contribution in [0.25, 0.3) is 0 Å². The van der Waals surface area contributed by atoms with E-state index in [-0.39, 0.29) is 0 Å². The van der Waals surface area contributed by atoms with Crippen LogP contribution < -0.4 is 0 Å². The third kappa shape index (κ3) is 9.66. The van der Waals surface area contributed by atoms with Gasteiger partial charge >= 0.3 is 0 Å². The lowest BCUT2D eigenvalue weighted by atomic mass is 10.7. The first-order valence-electron chi connectivity index (χ1n) is 5.32. The molecule has 0 bridgehead atoms. The molecule has 0 spiro atoms. The smallest absolute Gasteiger partial charge is 0.248 e. The Morgan fingerprint density at radius 1 is 0.647 bits per heavy atom. The Labute approximate surface area is 106 Å². The van der Waals surface area contributed by atoms with Crippen molar-refractivity contribution in [1.29, 1.82) is 0 Å². The van der Waals surface area contributed by atoms with Gasteiger partial charge in [0.15, 0.2) is 10.2 Å². The molecule has 17 heavy (non-hydrogen) atoms. The van der Waals surface area contributed by atoms with Crippen molar-refractivity contribution in [2.75, 3.05) is 61.0 Å². The molecule has 7 heteroatoms. The SMILES string of the molecule is COCCOC([Si])(OCCOC)OCCOC. The highest BCUT2D eigenvalue weighted by Gasteiger charge is 2.26. The molecule has 0 aromatic carbocycles. The molecule has 0 rings (SSSR count). The third-order valence-electron chi connectivity index (χ3n) is 1.74. The summed E-state index contributed by atoms with van der Waals surface area (Å²) >= 11 is 0. The number of hydrogen-bond donors (Lipinski definition) is 0. The van der Waals surface area contributed by atoms with Crippen LogP contribution in [0, 0.1) is 0 Å². The van der Waals surface area contributed by atoms with Crippen LogP contribution >= 0.6 is 0 Å². The van der Waals surface area contributed by atoms with Crippen LogP contribution in [-0.2, 0) is 28.4 Å². The van der Waals surface area contributed by atoms with Crippen LogP contribution in [0.15, 0.2) is 0 Å². The summed E-state index contributed by atoms with van der Waals surface area (Å²) in [6, 6.07) is 0. The van der Waals surface area contributed by atoms with Gasteiger partial charge in [-0.15, -0.1) is 0 Å². The molecule has 0 aromatic heterocycles. The van der Waals surface area contributed by atoms with Crippen LogP contribution in [0.5, 0.6) is 0 Å². The average molecular weight is 265 g/mol. The Morgan fingerprint density at radius 3 is 1.18 bits per heavy atom. The molecule has 0 fully saturated rings. The van der Waals surface area contributed by atoms with E-state index in [2.05, 4.69) is 10.2 Å². The number of hydrogen-bond acceptors (Lipinski definition) is 6. The second-order valence-electron chi connectivity index (χ2n) is 3.08. The molecule has 0 unspecified atom stereocenters. The Kier molecular flexibility index (Phi) is 11.1. The van der Waals surface area contributed by atoms with Gasteiger partial charge in [-0.1, -0.05) is 0 Å². The third-order valence-corrected chi connectivity index (χ3v) is 2.17. The van der Waals surface area contributed by atoms with E-state index in [1.165, 1.54) is 0 Å². The second kappa shape index (κ2) is 11.1. The van der Waals surface area contributed by atoms with Gasteiger partial charge in [0.2, 0.25) is 5.60 Å². The maximum Gasteiger partial charge on any atom is 0.248 e. The van der Waals surface area contributed by atoms with E-state index in [0.29, 0.717) is 39.6 Å². The van der Waals surface area contributed by atoms with Crippen molar-refractivity contribution in [1.82, 2.24) is 0 Å². The van der Waals surface area contributed by atoms with Crippen molar-refractivity contribution in [2.45, 2.75) is 5.60 Å². The van der Waals surface area contributed by atoms with Gasteiger partial charge in [0.25, 0.3) is 0 Å². The monoisotopic (exact) mass is 265 g/mol. The molecule has 6 nitrogen and oxygen atoms in total. The van der Waals surface area contributed by atoms with Crippen molar-refractivity contribution < 1.29 is 28.4 Å².